The molecule has 0 bridgehead atoms. The van der Waals surface area contributed by atoms with Crippen LogP contribution in [0.4, 0.5) is 5.69 Å². The molecule has 3 rings (SSSR count). The van der Waals surface area contributed by atoms with Gasteiger partial charge in [-0.25, -0.2) is 0 Å². The number of carbonyl (C=O) groups is 1. The largest absolute Gasteiger partial charge is 0.497 e. The van der Waals surface area contributed by atoms with Crippen LogP contribution in [0, 0.1) is 0 Å². The smallest absolute Gasteiger partial charge is 0.263 e. The van der Waals surface area contributed by atoms with Crippen LogP contribution in [0.25, 0.3) is 0 Å². The van der Waals surface area contributed by atoms with Gasteiger partial charge in [-0.3, -0.25) is 9.59 Å². The van der Waals surface area contributed by atoms with Gasteiger partial charge >= 0.3 is 0 Å². The molecule has 0 aliphatic heterocycles. The molecule has 1 heterocycles. The van der Waals surface area contributed by atoms with Gasteiger partial charge in [-0.05, 0) is 29.8 Å². The SMILES string of the molecule is COc1cccc(NC(=O)c2cccn(Cc3ccccc3)c2=O)c1. The van der Waals surface area contributed by atoms with Crippen LogP contribution in [-0.4, -0.2) is 17.6 Å². The molecule has 5 nitrogen and oxygen atoms in total. The Kier molecular flexibility index (Phi) is 4.95. The topological polar surface area (TPSA) is 60.3 Å². The highest BCUT2D eigenvalue weighted by Gasteiger charge is 2.13. The Morgan fingerprint density at radius 3 is 2.60 bits per heavy atom. The molecule has 0 radical (unpaired) electrons. The van der Waals surface area contributed by atoms with Gasteiger partial charge in [0.05, 0.1) is 13.7 Å². The van der Waals surface area contributed by atoms with Gasteiger partial charge in [-0.15, -0.1) is 0 Å². The first-order valence-corrected chi connectivity index (χ1v) is 7.86. The third-order valence-electron chi connectivity index (χ3n) is 3.79. The van der Waals surface area contributed by atoms with Crippen molar-refractivity contribution in [3.05, 3.63) is 94.4 Å². The minimum Gasteiger partial charge on any atom is -0.497 e. The number of carbonyl (C=O) groups excluding carboxylic acids is 1. The van der Waals surface area contributed by atoms with E-state index in [2.05, 4.69) is 5.32 Å². The molecule has 0 aliphatic carbocycles. The molecule has 126 valence electrons. The van der Waals surface area contributed by atoms with Crippen LogP contribution < -0.4 is 15.6 Å². The van der Waals surface area contributed by atoms with E-state index in [9.17, 15) is 9.59 Å². The van der Waals surface area contributed by atoms with Crippen molar-refractivity contribution in [2.75, 3.05) is 12.4 Å². The maximum Gasteiger partial charge on any atom is 0.263 e. The van der Waals surface area contributed by atoms with Crippen molar-refractivity contribution in [1.29, 1.82) is 0 Å². The van der Waals surface area contributed by atoms with E-state index in [-0.39, 0.29) is 11.1 Å². The number of amides is 1. The van der Waals surface area contributed by atoms with Crippen LogP contribution in [0.15, 0.2) is 77.7 Å². The molecule has 0 unspecified atom stereocenters. The van der Waals surface area contributed by atoms with E-state index < -0.39 is 5.91 Å². The highest BCUT2D eigenvalue weighted by molar-refractivity contribution is 6.04. The maximum absolute atomic E-state index is 12.6. The van der Waals surface area contributed by atoms with Gasteiger partial charge < -0.3 is 14.6 Å². The summed E-state index contributed by atoms with van der Waals surface area (Å²) in [5, 5.41) is 2.73. The summed E-state index contributed by atoms with van der Waals surface area (Å²) in [4.78, 5) is 25.1. The summed E-state index contributed by atoms with van der Waals surface area (Å²) in [5.41, 5.74) is 1.34. The fraction of sp³-hybridized carbons (Fsp3) is 0.100. The lowest BCUT2D eigenvalue weighted by Crippen LogP contribution is -2.29. The number of ether oxygens (including phenoxy) is 1. The molecule has 0 saturated heterocycles. The Balaban J connectivity index is 1.83. The predicted octanol–water partition coefficient (Wildman–Crippen LogP) is 3.16. The van der Waals surface area contributed by atoms with E-state index in [1.165, 1.54) is 10.6 Å². The van der Waals surface area contributed by atoms with E-state index in [1.807, 2.05) is 30.3 Å². The highest BCUT2D eigenvalue weighted by atomic mass is 16.5. The summed E-state index contributed by atoms with van der Waals surface area (Å²) < 4.78 is 6.66. The van der Waals surface area contributed by atoms with Crippen LogP contribution >= 0.6 is 0 Å². The van der Waals surface area contributed by atoms with Crippen molar-refractivity contribution >= 4 is 11.6 Å². The number of aromatic nitrogens is 1. The fourth-order valence-electron chi connectivity index (χ4n) is 2.51. The molecule has 1 amide bonds. The summed E-state index contributed by atoms with van der Waals surface area (Å²) in [7, 11) is 1.56. The minimum absolute atomic E-state index is 0.0984. The molecule has 2 aromatic carbocycles. The van der Waals surface area contributed by atoms with Gasteiger partial charge in [0.15, 0.2) is 0 Å². The van der Waals surface area contributed by atoms with Crippen molar-refractivity contribution in [2.45, 2.75) is 6.54 Å². The summed E-state index contributed by atoms with van der Waals surface area (Å²) in [6.07, 6.45) is 1.68. The molecule has 1 N–H and O–H groups in total. The maximum atomic E-state index is 12.6. The van der Waals surface area contributed by atoms with Crippen LogP contribution in [0.1, 0.15) is 15.9 Å². The van der Waals surface area contributed by atoms with Crippen molar-refractivity contribution < 1.29 is 9.53 Å². The Hall–Kier alpha value is -3.34. The predicted molar refractivity (Wildman–Crippen MR) is 97.2 cm³/mol. The van der Waals surface area contributed by atoms with Crippen molar-refractivity contribution in [3.8, 4) is 5.75 Å². The molecule has 0 atom stereocenters. The molecule has 0 spiro atoms. The zero-order valence-corrected chi connectivity index (χ0v) is 13.8. The third-order valence-corrected chi connectivity index (χ3v) is 3.79. The Labute approximate surface area is 145 Å². The van der Waals surface area contributed by atoms with Crippen LogP contribution in [0.5, 0.6) is 5.75 Å². The summed E-state index contributed by atoms with van der Waals surface area (Å²) in [5.74, 6) is 0.188. The van der Waals surface area contributed by atoms with Crippen molar-refractivity contribution in [2.24, 2.45) is 0 Å². The molecule has 3 aromatic rings. The number of anilines is 1. The lowest BCUT2D eigenvalue weighted by Gasteiger charge is -2.09. The lowest BCUT2D eigenvalue weighted by atomic mass is 10.2. The summed E-state index contributed by atoms with van der Waals surface area (Å²) >= 11 is 0. The summed E-state index contributed by atoms with van der Waals surface area (Å²) in [6.45, 7) is 0.417. The Bertz CT molecular complexity index is 933. The molecular formula is C20H18N2O3. The monoisotopic (exact) mass is 334 g/mol. The normalized spacial score (nSPS) is 10.3. The first kappa shape index (κ1) is 16.5. The van der Waals surface area contributed by atoms with Gasteiger partial charge in [0.25, 0.3) is 11.5 Å². The number of pyridine rings is 1. The Morgan fingerprint density at radius 2 is 1.84 bits per heavy atom. The van der Waals surface area contributed by atoms with E-state index in [1.54, 1.807) is 43.6 Å². The molecule has 0 aliphatic rings. The van der Waals surface area contributed by atoms with Gasteiger partial charge in [0.2, 0.25) is 0 Å². The fourth-order valence-corrected chi connectivity index (χ4v) is 2.51. The number of benzene rings is 2. The standard InChI is InChI=1S/C20H18N2O3/c1-25-17-10-5-9-16(13-17)21-19(23)18-11-6-12-22(20(18)24)14-15-7-3-2-4-8-15/h2-13H,14H2,1H3,(H,21,23). The number of hydrogen-bond acceptors (Lipinski definition) is 3. The third kappa shape index (κ3) is 3.95. The zero-order chi connectivity index (χ0) is 17.6. The first-order chi connectivity index (χ1) is 12.2. The average molecular weight is 334 g/mol. The zero-order valence-electron chi connectivity index (χ0n) is 13.8. The molecular weight excluding hydrogens is 316 g/mol. The number of nitrogens with zero attached hydrogens (tertiary/aromatic N) is 1. The number of rotatable bonds is 5. The van der Waals surface area contributed by atoms with Gasteiger partial charge in [-0.1, -0.05) is 36.4 Å². The molecule has 0 fully saturated rings. The van der Waals surface area contributed by atoms with Gasteiger partial charge in [-0.2, -0.15) is 0 Å². The van der Waals surface area contributed by atoms with Crippen molar-refractivity contribution in [1.82, 2.24) is 4.57 Å². The van der Waals surface area contributed by atoms with Crippen LogP contribution in [0.2, 0.25) is 0 Å². The van der Waals surface area contributed by atoms with E-state index in [0.717, 1.165) is 5.56 Å². The number of nitrogens with one attached hydrogen (secondary N) is 1. The first-order valence-electron chi connectivity index (χ1n) is 7.86. The van der Waals surface area contributed by atoms with E-state index in [0.29, 0.717) is 18.0 Å². The molecule has 5 heteroatoms. The highest BCUT2D eigenvalue weighted by Crippen LogP contribution is 2.17. The minimum atomic E-state index is -0.444. The number of methoxy groups -OCH3 is 1. The second kappa shape index (κ2) is 7.49. The van der Waals surface area contributed by atoms with Gasteiger partial charge in [0.1, 0.15) is 11.3 Å². The van der Waals surface area contributed by atoms with Crippen LogP contribution in [0.3, 0.4) is 0 Å². The number of hydrogen-bond donors (Lipinski definition) is 1. The van der Waals surface area contributed by atoms with E-state index >= 15 is 0 Å². The molecule has 1 aromatic heterocycles. The molecule has 25 heavy (non-hydrogen) atoms. The average Bonchev–Trinajstić information content (AvgIpc) is 2.64. The summed E-state index contributed by atoms with van der Waals surface area (Å²) in [6, 6.07) is 19.9. The Morgan fingerprint density at radius 1 is 1.04 bits per heavy atom. The quantitative estimate of drug-likeness (QED) is 0.780. The van der Waals surface area contributed by atoms with Gasteiger partial charge in [0, 0.05) is 18.0 Å². The molecule has 0 saturated carbocycles. The van der Waals surface area contributed by atoms with Crippen LogP contribution in [-0.2, 0) is 6.54 Å². The second-order valence-electron chi connectivity index (χ2n) is 5.53. The van der Waals surface area contributed by atoms with Crippen molar-refractivity contribution in [3.63, 3.8) is 0 Å². The lowest BCUT2D eigenvalue weighted by molar-refractivity contribution is 0.102. The van der Waals surface area contributed by atoms with E-state index in [4.69, 9.17) is 4.74 Å². The second-order valence-corrected chi connectivity index (χ2v) is 5.53.